The Hall–Kier alpha value is -2.47. The van der Waals surface area contributed by atoms with Crippen molar-refractivity contribution < 1.29 is 14.3 Å². The fourth-order valence-corrected chi connectivity index (χ4v) is 3.15. The number of carbonyl (C=O) groups excluding carboxylic acids is 2. The zero-order valence-corrected chi connectivity index (χ0v) is 16.8. The Kier molecular flexibility index (Phi) is 8.20. The maximum Gasteiger partial charge on any atom is 0.279 e. The van der Waals surface area contributed by atoms with Crippen molar-refractivity contribution in [1.29, 1.82) is 0 Å². The number of rotatable bonds is 8. The van der Waals surface area contributed by atoms with Gasteiger partial charge >= 0.3 is 0 Å². The van der Waals surface area contributed by atoms with Crippen molar-refractivity contribution >= 4 is 23.6 Å². The van der Waals surface area contributed by atoms with E-state index in [1.807, 2.05) is 50.2 Å². The zero-order valence-electron chi connectivity index (χ0n) is 16.0. The smallest absolute Gasteiger partial charge is 0.279 e. The lowest BCUT2D eigenvalue weighted by molar-refractivity contribution is -0.131. The zero-order chi connectivity index (χ0) is 19.6. The number of amides is 2. The average Bonchev–Trinajstić information content (AvgIpc) is 2.67. The van der Waals surface area contributed by atoms with Gasteiger partial charge in [0.1, 0.15) is 5.75 Å². The lowest BCUT2D eigenvalue weighted by Crippen LogP contribution is -2.47. The molecule has 0 radical (unpaired) electrons. The highest BCUT2D eigenvalue weighted by Gasteiger charge is 2.16. The van der Waals surface area contributed by atoms with E-state index in [0.29, 0.717) is 11.5 Å². The lowest BCUT2D eigenvalue weighted by Gasteiger charge is -2.17. The fourth-order valence-electron chi connectivity index (χ4n) is 2.36. The summed E-state index contributed by atoms with van der Waals surface area (Å²) in [5.41, 5.74) is 8.19. The van der Waals surface area contributed by atoms with Gasteiger partial charge in [-0.15, -0.1) is 0 Å². The van der Waals surface area contributed by atoms with Crippen LogP contribution in [0.2, 0.25) is 0 Å². The van der Waals surface area contributed by atoms with Crippen molar-refractivity contribution in [2.24, 2.45) is 0 Å². The first kappa shape index (κ1) is 20.8. The van der Waals surface area contributed by atoms with Gasteiger partial charge in [-0.1, -0.05) is 42.5 Å². The minimum Gasteiger partial charge on any atom is -0.481 e. The first-order valence-electron chi connectivity index (χ1n) is 8.90. The summed E-state index contributed by atoms with van der Waals surface area (Å²) in [6.45, 7) is 5.59. The molecule has 0 spiro atoms. The number of hydrogen-bond acceptors (Lipinski definition) is 4. The Morgan fingerprint density at radius 1 is 1.04 bits per heavy atom. The summed E-state index contributed by atoms with van der Waals surface area (Å²) in [5, 5.41) is 0. The van der Waals surface area contributed by atoms with E-state index in [4.69, 9.17) is 4.74 Å². The highest BCUT2D eigenvalue weighted by atomic mass is 32.2. The van der Waals surface area contributed by atoms with Gasteiger partial charge in [-0.25, -0.2) is 0 Å². The molecule has 6 heteroatoms. The summed E-state index contributed by atoms with van der Waals surface area (Å²) in [5.74, 6) is 1.18. The molecule has 1 unspecified atom stereocenters. The van der Waals surface area contributed by atoms with Gasteiger partial charge in [-0.2, -0.15) is 11.8 Å². The number of hydrogen-bond donors (Lipinski definition) is 2. The lowest BCUT2D eigenvalue weighted by atomic mass is 10.1. The maximum absolute atomic E-state index is 12.1. The molecule has 144 valence electrons. The van der Waals surface area contributed by atoms with Crippen LogP contribution in [0.3, 0.4) is 0 Å². The highest BCUT2D eigenvalue weighted by Crippen LogP contribution is 2.21. The summed E-state index contributed by atoms with van der Waals surface area (Å²) in [6.07, 6.45) is 0.197. The largest absolute Gasteiger partial charge is 0.481 e. The highest BCUT2D eigenvalue weighted by molar-refractivity contribution is 7.99. The van der Waals surface area contributed by atoms with Crippen molar-refractivity contribution in [3.63, 3.8) is 0 Å². The molecule has 2 aromatic rings. The second-order valence-corrected chi connectivity index (χ2v) is 7.39. The fraction of sp³-hybridized carbons (Fsp3) is 0.333. The average molecular weight is 387 g/mol. The van der Waals surface area contributed by atoms with Crippen LogP contribution in [0.4, 0.5) is 0 Å². The van der Waals surface area contributed by atoms with E-state index in [1.54, 1.807) is 6.92 Å². The maximum atomic E-state index is 12.1. The first-order chi connectivity index (χ1) is 13.0. The van der Waals surface area contributed by atoms with Crippen LogP contribution < -0.4 is 15.6 Å². The number of aryl methyl sites for hydroxylation is 2. The van der Waals surface area contributed by atoms with Gasteiger partial charge in [0, 0.05) is 0 Å². The molecule has 0 aliphatic carbocycles. The molecule has 5 nitrogen and oxygen atoms in total. The van der Waals surface area contributed by atoms with Crippen LogP contribution in [-0.4, -0.2) is 29.4 Å². The third-order valence-corrected chi connectivity index (χ3v) is 5.12. The topological polar surface area (TPSA) is 67.4 Å². The van der Waals surface area contributed by atoms with Crippen LogP contribution in [0.15, 0.2) is 48.5 Å². The molecule has 27 heavy (non-hydrogen) atoms. The molecule has 0 bridgehead atoms. The molecular formula is C21H26N2O3S. The second kappa shape index (κ2) is 10.6. The Balaban J connectivity index is 1.66. The first-order valence-corrected chi connectivity index (χ1v) is 10.1. The Morgan fingerprint density at radius 3 is 2.52 bits per heavy atom. The third kappa shape index (κ3) is 6.98. The molecule has 2 aromatic carbocycles. The normalized spacial score (nSPS) is 11.5. The van der Waals surface area contributed by atoms with E-state index in [2.05, 4.69) is 23.0 Å². The van der Waals surface area contributed by atoms with Crippen LogP contribution in [0.1, 0.15) is 23.6 Å². The number of hydrazine groups is 1. The number of carbonyl (C=O) groups is 2. The van der Waals surface area contributed by atoms with Gasteiger partial charge in [0.2, 0.25) is 5.91 Å². The molecule has 0 aliphatic rings. The monoisotopic (exact) mass is 386 g/mol. The van der Waals surface area contributed by atoms with E-state index in [1.165, 1.54) is 17.3 Å². The summed E-state index contributed by atoms with van der Waals surface area (Å²) in [4.78, 5) is 24.0. The van der Waals surface area contributed by atoms with Gasteiger partial charge in [-0.05, 0) is 55.7 Å². The summed E-state index contributed by atoms with van der Waals surface area (Å²) in [6, 6.07) is 15.8. The van der Waals surface area contributed by atoms with Crippen molar-refractivity contribution in [3.05, 3.63) is 65.2 Å². The van der Waals surface area contributed by atoms with Gasteiger partial charge in [0.05, 0.1) is 5.75 Å². The molecule has 2 amide bonds. The quantitative estimate of drug-likeness (QED) is 0.540. The molecule has 2 N–H and O–H groups in total. The minimum atomic E-state index is -0.712. The number of benzene rings is 2. The van der Waals surface area contributed by atoms with Crippen molar-refractivity contribution in [2.45, 2.75) is 33.3 Å². The van der Waals surface area contributed by atoms with Gasteiger partial charge in [-0.3, -0.25) is 20.4 Å². The van der Waals surface area contributed by atoms with Crippen molar-refractivity contribution in [3.8, 4) is 5.75 Å². The third-order valence-electron chi connectivity index (χ3n) is 4.16. The minimum absolute atomic E-state index is 0.236. The van der Waals surface area contributed by atoms with Crippen LogP contribution in [0, 0.1) is 13.8 Å². The summed E-state index contributed by atoms with van der Waals surface area (Å²) in [7, 11) is 0. The standard InChI is InChI=1S/C21H26N2O3S/c1-15-8-7-11-19(16(15)2)26-17(3)21(25)23-22-20(24)14-27-13-12-18-9-5-4-6-10-18/h4-11,17H,12-14H2,1-3H3,(H,22,24)(H,23,25). The van der Waals surface area contributed by atoms with Crippen LogP contribution in [0.25, 0.3) is 0 Å². The van der Waals surface area contributed by atoms with E-state index in [-0.39, 0.29) is 5.91 Å². The van der Waals surface area contributed by atoms with Gasteiger partial charge < -0.3 is 4.74 Å². The van der Waals surface area contributed by atoms with E-state index in [9.17, 15) is 9.59 Å². The molecule has 0 saturated heterocycles. The van der Waals surface area contributed by atoms with E-state index >= 15 is 0 Å². The molecule has 0 aliphatic heterocycles. The van der Waals surface area contributed by atoms with Crippen LogP contribution >= 0.6 is 11.8 Å². The molecule has 1 atom stereocenters. The Morgan fingerprint density at radius 2 is 1.78 bits per heavy atom. The Bertz CT molecular complexity index is 765. The number of thioether (sulfide) groups is 1. The number of ether oxygens (including phenoxy) is 1. The van der Waals surface area contributed by atoms with Crippen LogP contribution in [-0.2, 0) is 16.0 Å². The van der Waals surface area contributed by atoms with Crippen molar-refractivity contribution in [1.82, 2.24) is 10.9 Å². The molecule has 2 rings (SSSR count). The predicted molar refractivity (Wildman–Crippen MR) is 110 cm³/mol. The number of nitrogens with one attached hydrogen (secondary N) is 2. The SMILES string of the molecule is Cc1cccc(OC(C)C(=O)NNC(=O)CSCCc2ccccc2)c1C. The molecule has 0 aromatic heterocycles. The summed E-state index contributed by atoms with van der Waals surface area (Å²) >= 11 is 1.53. The van der Waals surface area contributed by atoms with E-state index < -0.39 is 12.0 Å². The second-order valence-electron chi connectivity index (χ2n) is 6.28. The molecule has 0 saturated carbocycles. The predicted octanol–water partition coefficient (Wildman–Crippen LogP) is 3.19. The molecule has 0 fully saturated rings. The summed E-state index contributed by atoms with van der Waals surface area (Å²) < 4.78 is 5.70. The van der Waals surface area contributed by atoms with Crippen molar-refractivity contribution in [2.75, 3.05) is 11.5 Å². The molecule has 0 heterocycles. The Labute approximate surface area is 164 Å². The van der Waals surface area contributed by atoms with Crippen LogP contribution in [0.5, 0.6) is 5.75 Å². The molecular weight excluding hydrogens is 360 g/mol. The van der Waals surface area contributed by atoms with Gasteiger partial charge in [0.25, 0.3) is 5.91 Å². The van der Waals surface area contributed by atoms with Gasteiger partial charge in [0.15, 0.2) is 6.10 Å². The van der Waals surface area contributed by atoms with E-state index in [0.717, 1.165) is 23.3 Å².